The second kappa shape index (κ2) is 4.64. The Kier molecular flexibility index (Phi) is 4.16. The first-order chi connectivity index (χ1) is 5.07. The first-order valence-corrected chi connectivity index (χ1v) is 2.86. The summed E-state index contributed by atoms with van der Waals surface area (Å²) in [5.41, 5.74) is 0. The number of hydrogen-bond acceptors (Lipinski definition) is 4. The van der Waals surface area contributed by atoms with Gasteiger partial charge < -0.3 is 20.6 Å². The maximum atomic E-state index is 10.5. The first kappa shape index (κ1) is 9.86. The molecule has 1 atom stereocenters. The summed E-state index contributed by atoms with van der Waals surface area (Å²) in [5.74, 6) is -2.17. The smallest absolute Gasteiger partial charge is 0.333 e. The molecule has 6 nitrogen and oxygen atoms in total. The molecule has 0 fully saturated rings. The van der Waals surface area contributed by atoms with Crippen molar-refractivity contribution in [1.82, 2.24) is 5.32 Å². The summed E-state index contributed by atoms with van der Waals surface area (Å²) in [7, 11) is 0. The zero-order chi connectivity index (χ0) is 8.85. The first-order valence-electron chi connectivity index (χ1n) is 2.86. The van der Waals surface area contributed by atoms with Crippen LogP contribution in [-0.2, 0) is 9.59 Å². The summed E-state index contributed by atoms with van der Waals surface area (Å²) in [6, 6.07) is 0. The summed E-state index contributed by atoms with van der Waals surface area (Å²) >= 11 is 0. The van der Waals surface area contributed by atoms with Crippen LogP contribution in [0.3, 0.4) is 0 Å². The lowest BCUT2D eigenvalue weighted by atomic mass is 10.2. The van der Waals surface area contributed by atoms with Gasteiger partial charge >= 0.3 is 5.97 Å². The van der Waals surface area contributed by atoms with Crippen molar-refractivity contribution in [3.05, 3.63) is 0 Å². The Morgan fingerprint density at radius 1 is 1.45 bits per heavy atom. The van der Waals surface area contributed by atoms with E-state index in [1.165, 1.54) is 0 Å². The molecule has 0 aliphatic rings. The molecule has 0 saturated heterocycles. The highest BCUT2D eigenvalue weighted by Crippen LogP contribution is 1.90. The Labute approximate surface area is 62.5 Å². The van der Waals surface area contributed by atoms with Crippen LogP contribution in [0.1, 0.15) is 6.42 Å². The molecule has 1 unspecified atom stereocenters. The van der Waals surface area contributed by atoms with Crippen LogP contribution in [0.4, 0.5) is 0 Å². The van der Waals surface area contributed by atoms with Gasteiger partial charge in [0.1, 0.15) is 6.73 Å². The highest BCUT2D eigenvalue weighted by Gasteiger charge is 2.16. The molecule has 0 aromatic rings. The van der Waals surface area contributed by atoms with Crippen LogP contribution in [0, 0.1) is 0 Å². The average Bonchev–Trinajstić information content (AvgIpc) is 1.87. The number of carbonyl (C=O) groups is 2. The van der Waals surface area contributed by atoms with Crippen molar-refractivity contribution in [3.8, 4) is 0 Å². The fourth-order valence-electron chi connectivity index (χ4n) is 0.423. The Balaban J connectivity index is 3.66. The molecule has 0 spiro atoms. The van der Waals surface area contributed by atoms with Crippen molar-refractivity contribution in [2.75, 3.05) is 6.73 Å². The SMILES string of the molecule is O=C(CC(O)C(=O)O)NCO. The van der Waals surface area contributed by atoms with Crippen molar-refractivity contribution in [3.63, 3.8) is 0 Å². The van der Waals surface area contributed by atoms with E-state index in [2.05, 4.69) is 0 Å². The molecule has 0 radical (unpaired) electrons. The molecular weight excluding hydrogens is 154 g/mol. The molecule has 0 bridgehead atoms. The Morgan fingerprint density at radius 2 is 2.00 bits per heavy atom. The lowest BCUT2D eigenvalue weighted by Gasteiger charge is -2.03. The van der Waals surface area contributed by atoms with Crippen molar-refractivity contribution in [2.24, 2.45) is 0 Å². The molecule has 0 saturated carbocycles. The highest BCUT2D eigenvalue weighted by molar-refractivity contribution is 5.83. The van der Waals surface area contributed by atoms with Gasteiger partial charge in [-0.25, -0.2) is 4.79 Å². The number of aliphatic hydroxyl groups excluding tert-OH is 2. The minimum absolute atomic E-state index is 0.546. The second-order valence-corrected chi connectivity index (χ2v) is 1.82. The van der Waals surface area contributed by atoms with Gasteiger partial charge in [0, 0.05) is 0 Å². The van der Waals surface area contributed by atoms with E-state index in [0.29, 0.717) is 0 Å². The lowest BCUT2D eigenvalue weighted by Crippen LogP contribution is -2.31. The van der Waals surface area contributed by atoms with E-state index < -0.39 is 31.1 Å². The van der Waals surface area contributed by atoms with Crippen LogP contribution in [-0.4, -0.2) is 40.0 Å². The molecule has 11 heavy (non-hydrogen) atoms. The van der Waals surface area contributed by atoms with E-state index in [0.717, 1.165) is 0 Å². The molecule has 1 amide bonds. The monoisotopic (exact) mass is 163 g/mol. The topological polar surface area (TPSA) is 107 Å². The van der Waals surface area contributed by atoms with E-state index in [1.807, 2.05) is 5.32 Å². The third-order valence-electron chi connectivity index (χ3n) is 0.940. The summed E-state index contributed by atoms with van der Waals surface area (Å²) in [6.45, 7) is -0.564. The molecular formula is C5H9NO5. The number of hydrogen-bond donors (Lipinski definition) is 4. The maximum absolute atomic E-state index is 10.5. The van der Waals surface area contributed by atoms with Crippen LogP contribution < -0.4 is 5.32 Å². The van der Waals surface area contributed by atoms with Gasteiger partial charge in [-0.3, -0.25) is 4.79 Å². The predicted molar refractivity (Wildman–Crippen MR) is 33.5 cm³/mol. The third kappa shape index (κ3) is 4.29. The van der Waals surface area contributed by atoms with Crippen LogP contribution in [0.5, 0.6) is 0 Å². The van der Waals surface area contributed by atoms with Crippen molar-refractivity contribution < 1.29 is 24.9 Å². The molecule has 0 rings (SSSR count). The largest absolute Gasteiger partial charge is 0.479 e. The van der Waals surface area contributed by atoms with Gasteiger partial charge in [0.15, 0.2) is 6.10 Å². The number of rotatable bonds is 4. The minimum atomic E-state index is -1.71. The van der Waals surface area contributed by atoms with Gasteiger partial charge in [-0.1, -0.05) is 0 Å². The fraction of sp³-hybridized carbons (Fsp3) is 0.600. The summed E-state index contributed by atoms with van der Waals surface area (Å²) in [4.78, 5) is 20.4. The second-order valence-electron chi connectivity index (χ2n) is 1.82. The fourth-order valence-corrected chi connectivity index (χ4v) is 0.423. The van der Waals surface area contributed by atoms with Crippen LogP contribution in [0.15, 0.2) is 0 Å². The van der Waals surface area contributed by atoms with Gasteiger partial charge in [-0.15, -0.1) is 0 Å². The van der Waals surface area contributed by atoms with Crippen LogP contribution >= 0.6 is 0 Å². The highest BCUT2D eigenvalue weighted by atomic mass is 16.4. The molecule has 0 aliphatic heterocycles. The Bertz CT molecular complexity index is 157. The maximum Gasteiger partial charge on any atom is 0.333 e. The standard InChI is InChI=1S/C5H9NO5/c7-2-6-4(9)1-3(8)5(10)11/h3,7-8H,1-2H2,(H,6,9)(H,10,11). The third-order valence-corrected chi connectivity index (χ3v) is 0.940. The molecule has 0 heterocycles. The van der Waals surface area contributed by atoms with Crippen LogP contribution in [0.25, 0.3) is 0 Å². The molecule has 6 heteroatoms. The number of amides is 1. The zero-order valence-corrected chi connectivity index (χ0v) is 5.65. The van der Waals surface area contributed by atoms with E-state index in [9.17, 15) is 9.59 Å². The molecule has 64 valence electrons. The van der Waals surface area contributed by atoms with Crippen LogP contribution in [0.2, 0.25) is 0 Å². The lowest BCUT2D eigenvalue weighted by molar-refractivity contribution is -0.149. The minimum Gasteiger partial charge on any atom is -0.479 e. The quantitative estimate of drug-likeness (QED) is 0.355. The summed E-state index contributed by atoms with van der Waals surface area (Å²) < 4.78 is 0. The van der Waals surface area contributed by atoms with Gasteiger partial charge in [0.05, 0.1) is 6.42 Å². The number of nitrogens with one attached hydrogen (secondary N) is 1. The summed E-state index contributed by atoms with van der Waals surface area (Å²) in [5, 5.41) is 26.7. The van der Waals surface area contributed by atoms with E-state index in [-0.39, 0.29) is 0 Å². The molecule has 0 aromatic heterocycles. The molecule has 0 aromatic carbocycles. The van der Waals surface area contributed by atoms with Crippen molar-refractivity contribution in [2.45, 2.75) is 12.5 Å². The van der Waals surface area contributed by atoms with Gasteiger partial charge in [0.25, 0.3) is 0 Å². The Morgan fingerprint density at radius 3 is 2.36 bits per heavy atom. The Hall–Kier alpha value is -1.14. The van der Waals surface area contributed by atoms with Gasteiger partial charge in [0.2, 0.25) is 5.91 Å². The number of carboxylic acid groups (broad SMARTS) is 1. The average molecular weight is 163 g/mol. The van der Waals surface area contributed by atoms with E-state index in [1.54, 1.807) is 0 Å². The number of carbonyl (C=O) groups excluding carboxylic acids is 1. The van der Waals surface area contributed by atoms with Gasteiger partial charge in [-0.05, 0) is 0 Å². The predicted octanol–water partition coefficient (Wildman–Crippen LogP) is -2.11. The summed E-state index contributed by atoms with van der Waals surface area (Å²) in [6.07, 6.45) is -2.25. The van der Waals surface area contributed by atoms with Crippen molar-refractivity contribution >= 4 is 11.9 Å². The number of carboxylic acids is 1. The van der Waals surface area contributed by atoms with Gasteiger partial charge in [-0.2, -0.15) is 0 Å². The van der Waals surface area contributed by atoms with Crippen molar-refractivity contribution in [1.29, 1.82) is 0 Å². The van der Waals surface area contributed by atoms with E-state index in [4.69, 9.17) is 15.3 Å². The normalized spacial score (nSPS) is 12.2. The number of aliphatic carboxylic acids is 1. The molecule has 4 N–H and O–H groups in total. The zero-order valence-electron chi connectivity index (χ0n) is 5.65. The number of aliphatic hydroxyl groups is 2. The molecule has 0 aliphatic carbocycles. The van der Waals surface area contributed by atoms with E-state index >= 15 is 0 Å².